The number of para-hydroxylation sites is 1. The van der Waals surface area contributed by atoms with E-state index in [1.165, 1.54) is 11.1 Å². The summed E-state index contributed by atoms with van der Waals surface area (Å²) in [5, 5.41) is 0. The summed E-state index contributed by atoms with van der Waals surface area (Å²) >= 11 is 2.28. The summed E-state index contributed by atoms with van der Waals surface area (Å²) in [4.78, 5) is 12.4. The highest BCUT2D eigenvalue weighted by atomic mass is 127. The second kappa shape index (κ2) is 7.29. The molecule has 0 bridgehead atoms. The zero-order valence-electron chi connectivity index (χ0n) is 14.3. The van der Waals surface area contributed by atoms with Crippen molar-refractivity contribution in [3.63, 3.8) is 0 Å². The molecule has 128 valence electrons. The molecule has 0 spiro atoms. The fourth-order valence-electron chi connectivity index (χ4n) is 4.29. The zero-order valence-corrected chi connectivity index (χ0v) is 17.6. The van der Waals surface area contributed by atoms with Gasteiger partial charge in [-0.3, -0.25) is 4.79 Å². The monoisotopic (exact) mass is 454 g/mol. The van der Waals surface area contributed by atoms with Gasteiger partial charge in [0.05, 0.1) is 3.57 Å². The molecule has 1 aromatic carbocycles. The molecule has 2 nitrogen and oxygen atoms in total. The number of hydrogen-bond acceptors (Lipinski definition) is 2. The Morgan fingerprint density at radius 2 is 2.08 bits per heavy atom. The minimum absolute atomic E-state index is 0.156. The number of allylic oxidation sites excluding steroid dienone is 3. The second-order valence-electron chi connectivity index (χ2n) is 6.91. The van der Waals surface area contributed by atoms with E-state index in [0.29, 0.717) is 29.9 Å². The second-order valence-corrected chi connectivity index (χ2v) is 9.13. The predicted octanol–water partition coefficient (Wildman–Crippen LogP) is 4.89. The van der Waals surface area contributed by atoms with Gasteiger partial charge in [-0.05, 0) is 70.8 Å². The van der Waals surface area contributed by atoms with Gasteiger partial charge >= 0.3 is 0 Å². The minimum Gasteiger partial charge on any atom is -0.488 e. The molecule has 0 heterocycles. The van der Waals surface area contributed by atoms with Gasteiger partial charge in [0, 0.05) is 11.8 Å². The normalized spacial score (nSPS) is 30.5. The lowest BCUT2D eigenvalue weighted by Crippen LogP contribution is -2.51. The Kier molecular flexibility index (Phi) is 5.51. The zero-order chi connectivity index (χ0) is 17.4. The first kappa shape index (κ1) is 18.1. The number of fused-ring (bicyclic) bond motifs is 1. The molecule has 0 aliphatic heterocycles. The fraction of sp³-hybridized carbons (Fsp3) is 0.450. The van der Waals surface area contributed by atoms with E-state index < -0.39 is 0 Å². The molecule has 3 rings (SSSR count). The van der Waals surface area contributed by atoms with Gasteiger partial charge in [0.25, 0.3) is 0 Å². The maximum atomic E-state index is 12.4. The lowest BCUT2D eigenvalue weighted by Gasteiger charge is -2.44. The molecule has 0 amide bonds. The molecule has 0 aromatic heterocycles. The number of rotatable bonds is 5. The van der Waals surface area contributed by atoms with Crippen LogP contribution in [-0.2, 0) is 4.79 Å². The van der Waals surface area contributed by atoms with Gasteiger partial charge in [0.1, 0.15) is 18.1 Å². The van der Waals surface area contributed by atoms with E-state index in [1.807, 2.05) is 24.3 Å². The summed E-state index contributed by atoms with van der Waals surface area (Å²) in [6, 6.07) is 8.02. The fourth-order valence-corrected chi connectivity index (χ4v) is 5.28. The van der Waals surface area contributed by atoms with Crippen molar-refractivity contribution in [2.45, 2.75) is 26.4 Å². The molecule has 24 heavy (non-hydrogen) atoms. The summed E-state index contributed by atoms with van der Waals surface area (Å²) in [5.74, 6) is 2.65. The number of halogens is 1. The van der Waals surface area contributed by atoms with Gasteiger partial charge in [-0.2, -0.15) is 0 Å². The minimum atomic E-state index is 0.156. The van der Waals surface area contributed by atoms with E-state index in [4.69, 9.17) is 4.74 Å². The van der Waals surface area contributed by atoms with Crippen LogP contribution < -0.4 is 4.74 Å². The molecule has 1 saturated carbocycles. The van der Waals surface area contributed by atoms with Crippen LogP contribution in [0, 0.1) is 27.2 Å². The number of hydrogen-bond donors (Lipinski definition) is 0. The molecule has 2 aliphatic carbocycles. The number of ether oxygens (including phenoxy) is 1. The first-order chi connectivity index (χ1) is 11.4. The van der Waals surface area contributed by atoms with Crippen LogP contribution in [0.2, 0.25) is 0 Å². The molecule has 1 aromatic rings. The van der Waals surface area contributed by atoms with Gasteiger partial charge in [0.15, 0.2) is 0 Å². The molecule has 6 atom stereocenters. The lowest BCUT2D eigenvalue weighted by atomic mass is 9.60. The van der Waals surface area contributed by atoms with Crippen LogP contribution in [0.25, 0.3) is 0 Å². The van der Waals surface area contributed by atoms with Crippen molar-refractivity contribution in [2.75, 3.05) is 6.61 Å². The molecule has 0 N–H and O–H groups in total. The molecule has 2 aliphatic rings. The number of benzene rings is 1. The summed E-state index contributed by atoms with van der Waals surface area (Å²) in [7, 11) is 2.81. The number of Topliss-reactive ketones (excluding diaryl/α,β-unsaturated/α-hetero) is 1. The van der Waals surface area contributed by atoms with E-state index in [-0.39, 0.29) is 11.8 Å². The predicted molar refractivity (Wildman–Crippen MR) is 110 cm³/mol. The van der Waals surface area contributed by atoms with Crippen molar-refractivity contribution in [3.05, 3.63) is 51.1 Å². The van der Waals surface area contributed by atoms with Crippen molar-refractivity contribution >= 4 is 37.6 Å². The number of carbonyl (C=O) groups excluding carboxylic acids is 1. The van der Waals surface area contributed by atoms with Crippen LogP contribution in [0.1, 0.15) is 20.8 Å². The molecule has 6 unspecified atom stereocenters. The first-order valence-electron chi connectivity index (χ1n) is 8.47. The highest BCUT2D eigenvalue weighted by Gasteiger charge is 2.57. The van der Waals surface area contributed by atoms with E-state index >= 15 is 0 Å². The quantitative estimate of drug-likeness (QED) is 0.468. The van der Waals surface area contributed by atoms with Crippen LogP contribution >= 0.6 is 31.8 Å². The van der Waals surface area contributed by atoms with Crippen LogP contribution in [-0.4, -0.2) is 18.0 Å². The average molecular weight is 454 g/mol. The maximum absolute atomic E-state index is 12.4. The largest absolute Gasteiger partial charge is 0.488 e. The Labute approximate surface area is 160 Å². The summed E-state index contributed by atoms with van der Waals surface area (Å²) in [6.07, 6.45) is 4.25. The molecule has 4 heteroatoms. The first-order valence-corrected chi connectivity index (χ1v) is 10.2. The van der Waals surface area contributed by atoms with Gasteiger partial charge in [-0.1, -0.05) is 37.6 Å². The smallest absolute Gasteiger partial charge is 0.144 e. The van der Waals surface area contributed by atoms with E-state index in [1.54, 1.807) is 0 Å². The van der Waals surface area contributed by atoms with Crippen molar-refractivity contribution in [2.24, 2.45) is 23.7 Å². The Morgan fingerprint density at radius 1 is 1.38 bits per heavy atom. The highest BCUT2D eigenvalue weighted by molar-refractivity contribution is 14.1. The van der Waals surface area contributed by atoms with E-state index in [9.17, 15) is 4.79 Å². The van der Waals surface area contributed by atoms with Crippen LogP contribution in [0.3, 0.4) is 0 Å². The third kappa shape index (κ3) is 3.10. The van der Waals surface area contributed by atoms with Crippen LogP contribution in [0.15, 0.2) is 47.6 Å². The molecule has 1 fully saturated rings. The van der Waals surface area contributed by atoms with Crippen molar-refractivity contribution in [1.82, 2.24) is 0 Å². The van der Waals surface area contributed by atoms with Crippen molar-refractivity contribution in [3.8, 4) is 5.75 Å². The SMILES string of the molecule is CC1=C(/C=C/COc2ccccc2I)C(C)C2C1C(=O)C2C(C)P. The van der Waals surface area contributed by atoms with Crippen LogP contribution in [0.5, 0.6) is 5.75 Å². The van der Waals surface area contributed by atoms with Gasteiger partial charge in [0.2, 0.25) is 0 Å². The van der Waals surface area contributed by atoms with Gasteiger partial charge < -0.3 is 4.74 Å². The standard InChI is InChI=1S/C20H24IO2P/c1-11-14(7-6-10-23-16-9-5-4-8-15(16)21)12(2)18-17(11)19(13(3)24)20(18)22/h4-9,11,13,17-19H,10,24H2,1-3H3/b7-6+. The Balaban J connectivity index is 1.66. The third-order valence-corrected chi connectivity index (χ3v) is 6.77. The topological polar surface area (TPSA) is 26.3 Å². The number of ketones is 1. The Morgan fingerprint density at radius 3 is 2.75 bits per heavy atom. The van der Waals surface area contributed by atoms with Gasteiger partial charge in [-0.25, -0.2) is 0 Å². The summed E-state index contributed by atoms with van der Waals surface area (Å²) in [6.45, 7) is 7.08. The molecular formula is C20H24IO2P. The molecular weight excluding hydrogens is 430 g/mol. The van der Waals surface area contributed by atoms with Crippen LogP contribution in [0.4, 0.5) is 0 Å². The summed E-state index contributed by atoms with van der Waals surface area (Å²) in [5.41, 5.74) is 2.96. The summed E-state index contributed by atoms with van der Waals surface area (Å²) < 4.78 is 6.95. The molecule has 0 radical (unpaired) electrons. The average Bonchev–Trinajstić information content (AvgIpc) is 2.72. The number of carbonyl (C=O) groups is 1. The Hall–Kier alpha value is -0.670. The maximum Gasteiger partial charge on any atom is 0.144 e. The van der Waals surface area contributed by atoms with Crippen molar-refractivity contribution in [1.29, 1.82) is 0 Å². The van der Waals surface area contributed by atoms with Gasteiger partial charge in [-0.15, -0.1) is 9.24 Å². The van der Waals surface area contributed by atoms with Crippen molar-refractivity contribution < 1.29 is 9.53 Å². The van der Waals surface area contributed by atoms with E-state index in [0.717, 1.165) is 9.32 Å². The molecule has 0 saturated heterocycles. The lowest BCUT2D eigenvalue weighted by molar-refractivity contribution is -0.140. The highest BCUT2D eigenvalue weighted by Crippen LogP contribution is 2.56. The van der Waals surface area contributed by atoms with E-state index in [2.05, 4.69) is 64.8 Å². The third-order valence-electron chi connectivity index (χ3n) is 5.46. The Bertz CT molecular complexity index is 707.